The van der Waals surface area contributed by atoms with E-state index in [1.165, 1.54) is 0 Å². The number of nitrogens with zero attached hydrogens (tertiary/aromatic N) is 2. The highest BCUT2D eigenvalue weighted by Crippen LogP contribution is 2.51. The van der Waals surface area contributed by atoms with Gasteiger partial charge in [-0.3, -0.25) is 9.69 Å². The minimum atomic E-state index is -0.534. The number of aryl methyl sites for hydroxylation is 1. The zero-order chi connectivity index (χ0) is 23.2. The van der Waals surface area contributed by atoms with Crippen molar-refractivity contribution in [2.75, 3.05) is 10.7 Å². The SMILES string of the molecule is CCSc1oc(C)cc1C1C(C#N)=C(N)N(c2ccc(Cl)cc2)C2=C1C(=O)CC(C)(C)C2. The Hall–Kier alpha value is -2.62. The molecule has 0 fully saturated rings. The van der Waals surface area contributed by atoms with Crippen molar-refractivity contribution >= 4 is 34.8 Å². The number of carbonyl (C=O) groups is 1. The van der Waals surface area contributed by atoms with Crippen LogP contribution in [0.1, 0.15) is 50.9 Å². The summed E-state index contributed by atoms with van der Waals surface area (Å²) in [5.74, 6) is 1.42. The molecule has 0 bridgehead atoms. The molecule has 1 aromatic carbocycles. The molecule has 4 rings (SSSR count). The standard InChI is InChI=1S/C25H26ClN3O2S/c1-5-32-24-17(10-14(2)31-24)21-18(13-27)23(28)29(16-8-6-15(26)7-9-16)19-11-25(3,4)12-20(30)22(19)21/h6-10,21H,5,11-12,28H2,1-4H3. The molecule has 32 heavy (non-hydrogen) atoms. The Morgan fingerprint density at radius 2 is 2.00 bits per heavy atom. The van der Waals surface area contributed by atoms with Gasteiger partial charge >= 0.3 is 0 Å². The minimum absolute atomic E-state index is 0.0479. The number of allylic oxidation sites excluding steroid dienone is 3. The van der Waals surface area contributed by atoms with Gasteiger partial charge in [0.05, 0.1) is 17.6 Å². The van der Waals surface area contributed by atoms with Crippen LogP contribution in [0.5, 0.6) is 0 Å². The maximum atomic E-state index is 13.6. The quantitative estimate of drug-likeness (QED) is 0.531. The number of Topliss-reactive ketones (excluding diaryl/α,β-unsaturated/α-hetero) is 1. The molecule has 0 radical (unpaired) electrons. The van der Waals surface area contributed by atoms with Crippen molar-refractivity contribution in [1.29, 1.82) is 5.26 Å². The van der Waals surface area contributed by atoms with Crippen LogP contribution in [-0.4, -0.2) is 11.5 Å². The number of benzene rings is 1. The van der Waals surface area contributed by atoms with Crippen LogP contribution in [0.4, 0.5) is 5.69 Å². The number of nitriles is 1. The molecule has 5 nitrogen and oxygen atoms in total. The van der Waals surface area contributed by atoms with E-state index in [4.69, 9.17) is 21.8 Å². The predicted molar refractivity (Wildman–Crippen MR) is 128 cm³/mol. The first kappa shape index (κ1) is 22.6. The second-order valence-electron chi connectivity index (χ2n) is 8.99. The molecule has 0 saturated carbocycles. The van der Waals surface area contributed by atoms with Gasteiger partial charge < -0.3 is 10.2 Å². The lowest BCUT2D eigenvalue weighted by Crippen LogP contribution is -2.42. The Bertz CT molecular complexity index is 1180. The average Bonchev–Trinajstić information content (AvgIpc) is 3.07. The molecule has 0 saturated heterocycles. The first-order valence-electron chi connectivity index (χ1n) is 10.6. The summed E-state index contributed by atoms with van der Waals surface area (Å²) in [6.45, 7) is 8.10. The number of furan rings is 1. The van der Waals surface area contributed by atoms with Gasteiger partial charge in [0.25, 0.3) is 0 Å². The lowest BCUT2D eigenvalue weighted by molar-refractivity contribution is -0.118. The fourth-order valence-electron chi connectivity index (χ4n) is 4.66. The molecule has 1 aliphatic carbocycles. The topological polar surface area (TPSA) is 83.3 Å². The number of thioether (sulfide) groups is 1. The molecule has 0 amide bonds. The third-order valence-electron chi connectivity index (χ3n) is 5.90. The molecule has 0 spiro atoms. The number of anilines is 1. The summed E-state index contributed by atoms with van der Waals surface area (Å²) in [5, 5.41) is 11.5. The van der Waals surface area contributed by atoms with Crippen LogP contribution >= 0.6 is 23.4 Å². The summed E-state index contributed by atoms with van der Waals surface area (Å²) in [4.78, 5) is 15.4. The third-order valence-corrected chi connectivity index (χ3v) is 7.02. The Morgan fingerprint density at radius 1 is 1.31 bits per heavy atom. The van der Waals surface area contributed by atoms with Gasteiger partial charge in [-0.2, -0.15) is 5.26 Å². The lowest BCUT2D eigenvalue weighted by Gasteiger charge is -2.43. The largest absolute Gasteiger partial charge is 0.455 e. The van der Waals surface area contributed by atoms with Crippen LogP contribution in [0.3, 0.4) is 0 Å². The number of hydrogen-bond donors (Lipinski definition) is 1. The van der Waals surface area contributed by atoms with Crippen molar-refractivity contribution in [3.63, 3.8) is 0 Å². The highest BCUT2D eigenvalue weighted by Gasteiger charge is 2.45. The van der Waals surface area contributed by atoms with Crippen LogP contribution in [0, 0.1) is 23.7 Å². The lowest BCUT2D eigenvalue weighted by atomic mass is 9.69. The number of halogens is 1. The van der Waals surface area contributed by atoms with E-state index >= 15 is 0 Å². The molecule has 2 aromatic rings. The Morgan fingerprint density at radius 3 is 2.62 bits per heavy atom. The summed E-state index contributed by atoms with van der Waals surface area (Å²) in [6, 6.07) is 11.5. The monoisotopic (exact) mass is 467 g/mol. The van der Waals surface area contributed by atoms with Gasteiger partial charge in [-0.05, 0) is 54.8 Å². The molecular weight excluding hydrogens is 442 g/mol. The van der Waals surface area contributed by atoms with Crippen LogP contribution in [-0.2, 0) is 4.79 Å². The average molecular weight is 468 g/mol. The molecular formula is C25H26ClN3O2S. The van der Waals surface area contributed by atoms with Crippen molar-refractivity contribution in [3.05, 3.63) is 69.3 Å². The van der Waals surface area contributed by atoms with Crippen LogP contribution < -0.4 is 10.6 Å². The van der Waals surface area contributed by atoms with Crippen LogP contribution in [0.25, 0.3) is 0 Å². The Kier molecular flexibility index (Phi) is 5.91. The van der Waals surface area contributed by atoms with Gasteiger partial charge in [0, 0.05) is 34.0 Å². The van der Waals surface area contributed by atoms with Crippen LogP contribution in [0.2, 0.25) is 5.02 Å². The van der Waals surface area contributed by atoms with E-state index in [9.17, 15) is 10.1 Å². The first-order valence-corrected chi connectivity index (χ1v) is 12.0. The van der Waals surface area contributed by atoms with Gasteiger partial charge in [0.1, 0.15) is 11.6 Å². The van der Waals surface area contributed by atoms with E-state index < -0.39 is 5.92 Å². The van der Waals surface area contributed by atoms with Crippen molar-refractivity contribution in [2.45, 2.75) is 51.5 Å². The van der Waals surface area contributed by atoms with Gasteiger partial charge in [-0.15, -0.1) is 0 Å². The summed E-state index contributed by atoms with van der Waals surface area (Å²) < 4.78 is 5.94. The smallest absolute Gasteiger partial charge is 0.164 e. The second kappa shape index (κ2) is 8.38. The molecule has 1 atom stereocenters. The van der Waals surface area contributed by atoms with E-state index in [0.29, 0.717) is 34.8 Å². The van der Waals surface area contributed by atoms with E-state index in [1.54, 1.807) is 23.9 Å². The van der Waals surface area contributed by atoms with E-state index in [2.05, 4.69) is 19.9 Å². The zero-order valence-corrected chi connectivity index (χ0v) is 20.2. The normalized spacial score (nSPS) is 20.4. The second-order valence-corrected chi connectivity index (χ2v) is 10.7. The maximum absolute atomic E-state index is 13.6. The van der Waals surface area contributed by atoms with E-state index in [-0.39, 0.29) is 11.2 Å². The summed E-state index contributed by atoms with van der Waals surface area (Å²) in [5.41, 5.74) is 9.93. The Balaban J connectivity index is 2.00. The minimum Gasteiger partial charge on any atom is -0.455 e. The van der Waals surface area contributed by atoms with Crippen molar-refractivity contribution < 1.29 is 9.21 Å². The van der Waals surface area contributed by atoms with Crippen molar-refractivity contribution in [3.8, 4) is 6.07 Å². The van der Waals surface area contributed by atoms with E-state index in [1.807, 2.05) is 36.9 Å². The first-order chi connectivity index (χ1) is 15.2. The molecule has 1 unspecified atom stereocenters. The molecule has 166 valence electrons. The van der Waals surface area contributed by atoms with Gasteiger partial charge in [-0.1, -0.05) is 44.1 Å². The van der Waals surface area contributed by atoms with Gasteiger partial charge in [0.2, 0.25) is 0 Å². The summed E-state index contributed by atoms with van der Waals surface area (Å²) in [6.07, 6.45) is 1.09. The van der Waals surface area contributed by atoms with Crippen LogP contribution in [0.15, 0.2) is 62.5 Å². The molecule has 1 aromatic heterocycles. The third kappa shape index (κ3) is 3.85. The fourth-order valence-corrected chi connectivity index (χ4v) is 5.58. The molecule has 2 N–H and O–H groups in total. The number of rotatable bonds is 4. The zero-order valence-electron chi connectivity index (χ0n) is 18.7. The number of nitrogens with two attached hydrogens (primary N) is 1. The maximum Gasteiger partial charge on any atom is 0.164 e. The number of ketones is 1. The summed E-state index contributed by atoms with van der Waals surface area (Å²) in [7, 11) is 0. The number of hydrogen-bond acceptors (Lipinski definition) is 6. The molecule has 2 aliphatic rings. The number of carbonyl (C=O) groups excluding carboxylic acids is 1. The highest BCUT2D eigenvalue weighted by atomic mass is 35.5. The molecule has 2 heterocycles. The Labute approximate surface area is 197 Å². The summed E-state index contributed by atoms with van der Waals surface area (Å²) >= 11 is 7.68. The van der Waals surface area contributed by atoms with Gasteiger partial charge in [0.15, 0.2) is 10.9 Å². The molecule has 7 heteroatoms. The predicted octanol–water partition coefficient (Wildman–Crippen LogP) is 6.29. The van der Waals surface area contributed by atoms with Crippen molar-refractivity contribution in [2.24, 2.45) is 11.1 Å². The van der Waals surface area contributed by atoms with E-state index in [0.717, 1.165) is 33.6 Å². The fraction of sp³-hybridized carbons (Fsp3) is 0.360. The van der Waals surface area contributed by atoms with Gasteiger partial charge in [-0.25, -0.2) is 0 Å². The molecule has 1 aliphatic heterocycles. The highest BCUT2D eigenvalue weighted by molar-refractivity contribution is 7.99. The van der Waals surface area contributed by atoms with Crippen molar-refractivity contribution in [1.82, 2.24) is 0 Å².